The molecule has 5 heteroatoms. The van der Waals surface area contributed by atoms with Crippen molar-refractivity contribution in [1.82, 2.24) is 15.2 Å². The van der Waals surface area contributed by atoms with Crippen LogP contribution in [0.15, 0.2) is 66.2 Å². The molecule has 0 bridgehead atoms. The summed E-state index contributed by atoms with van der Waals surface area (Å²) < 4.78 is 0. The van der Waals surface area contributed by atoms with Gasteiger partial charge in [-0.1, -0.05) is 36.4 Å². The summed E-state index contributed by atoms with van der Waals surface area (Å²) in [7, 11) is 0. The smallest absolute Gasteiger partial charge is 0.220 e. The lowest BCUT2D eigenvalue weighted by atomic mass is 9.88. The molecule has 0 unspecified atom stereocenters. The van der Waals surface area contributed by atoms with Crippen molar-refractivity contribution in [3.63, 3.8) is 0 Å². The molecule has 3 aromatic rings. The summed E-state index contributed by atoms with van der Waals surface area (Å²) in [6.07, 6.45) is 5.35. The number of carbonyl (C=O) groups is 1. The fourth-order valence-corrected chi connectivity index (χ4v) is 5.37. The van der Waals surface area contributed by atoms with Crippen LogP contribution in [0.5, 0.6) is 0 Å². The lowest BCUT2D eigenvalue weighted by Crippen LogP contribution is -2.43. The Balaban J connectivity index is 1.43. The summed E-state index contributed by atoms with van der Waals surface area (Å²) in [5.74, 6) is 0.468. The van der Waals surface area contributed by atoms with E-state index in [-0.39, 0.29) is 11.9 Å². The first kappa shape index (κ1) is 21.7. The van der Waals surface area contributed by atoms with Gasteiger partial charge in [0.15, 0.2) is 0 Å². The van der Waals surface area contributed by atoms with E-state index in [2.05, 4.69) is 45.7 Å². The molecule has 1 saturated heterocycles. The van der Waals surface area contributed by atoms with Gasteiger partial charge >= 0.3 is 0 Å². The number of nitrogens with zero attached hydrogens (tertiary/aromatic N) is 2. The second-order valence-corrected chi connectivity index (χ2v) is 9.45. The molecule has 1 aromatic carbocycles. The molecule has 1 aliphatic heterocycles. The van der Waals surface area contributed by atoms with E-state index in [0.717, 1.165) is 44.6 Å². The fourth-order valence-electron chi connectivity index (χ4n) is 4.42. The molecule has 0 saturated carbocycles. The highest BCUT2D eigenvalue weighted by Crippen LogP contribution is 2.30. The quantitative estimate of drug-likeness (QED) is 0.534. The number of likely N-dealkylation sites (tertiary alicyclic amines) is 1. The Morgan fingerprint density at radius 3 is 2.77 bits per heavy atom. The normalized spacial score (nSPS) is 17.9. The SMILES string of the molecule is Cc1ccsc1CN1CCC[C@@H]([C@@H](NC(=O)CCc2ccccc2)c2ccccn2)C1. The van der Waals surface area contributed by atoms with Gasteiger partial charge in [-0.15, -0.1) is 11.3 Å². The average molecular weight is 434 g/mol. The summed E-state index contributed by atoms with van der Waals surface area (Å²) in [5, 5.41) is 5.51. The maximum absolute atomic E-state index is 12.9. The molecule has 0 aliphatic carbocycles. The van der Waals surface area contributed by atoms with E-state index < -0.39 is 0 Å². The number of hydrogen-bond acceptors (Lipinski definition) is 4. The molecule has 1 amide bonds. The average Bonchev–Trinajstić information content (AvgIpc) is 3.21. The molecule has 1 N–H and O–H groups in total. The first-order chi connectivity index (χ1) is 15.2. The molecule has 3 heterocycles. The van der Waals surface area contributed by atoms with Crippen LogP contribution < -0.4 is 5.32 Å². The molecule has 162 valence electrons. The molecule has 2 atom stereocenters. The maximum Gasteiger partial charge on any atom is 0.220 e. The molecule has 1 aliphatic rings. The molecule has 4 rings (SSSR count). The second kappa shape index (κ2) is 10.7. The molecule has 31 heavy (non-hydrogen) atoms. The van der Waals surface area contributed by atoms with Crippen LogP contribution in [0.3, 0.4) is 0 Å². The standard InChI is InChI=1S/C26H31N3OS/c1-20-14-17-31-24(20)19-29-16-7-10-22(18-29)26(23-11-5-6-15-27-23)28-25(30)13-12-21-8-3-2-4-9-21/h2-6,8-9,11,14-15,17,22,26H,7,10,12-13,16,18-19H2,1H3,(H,28,30)/t22-,26-/m1/s1. The van der Waals surface area contributed by atoms with E-state index in [1.165, 1.54) is 16.0 Å². The molecule has 1 fully saturated rings. The number of amides is 1. The van der Waals surface area contributed by atoms with Crippen LogP contribution >= 0.6 is 11.3 Å². The van der Waals surface area contributed by atoms with Gasteiger partial charge in [0, 0.05) is 30.6 Å². The maximum atomic E-state index is 12.9. The highest BCUT2D eigenvalue weighted by molar-refractivity contribution is 7.10. The zero-order chi connectivity index (χ0) is 21.5. The van der Waals surface area contributed by atoms with Crippen LogP contribution in [-0.4, -0.2) is 28.9 Å². The number of nitrogens with one attached hydrogen (secondary N) is 1. The lowest BCUT2D eigenvalue weighted by molar-refractivity contribution is -0.122. The zero-order valence-corrected chi connectivity index (χ0v) is 19.0. The summed E-state index contributed by atoms with van der Waals surface area (Å²) >= 11 is 1.84. The number of aromatic nitrogens is 1. The summed E-state index contributed by atoms with van der Waals surface area (Å²) in [5.41, 5.74) is 3.54. The van der Waals surface area contributed by atoms with E-state index >= 15 is 0 Å². The van der Waals surface area contributed by atoms with Crippen LogP contribution in [0.25, 0.3) is 0 Å². The van der Waals surface area contributed by atoms with Crippen molar-refractivity contribution in [3.05, 3.63) is 87.9 Å². The fraction of sp³-hybridized carbons (Fsp3) is 0.385. The van der Waals surface area contributed by atoms with Gasteiger partial charge in [0.1, 0.15) is 0 Å². The minimum atomic E-state index is -0.0447. The van der Waals surface area contributed by atoms with Crippen molar-refractivity contribution < 1.29 is 4.79 Å². The van der Waals surface area contributed by atoms with Crippen molar-refractivity contribution >= 4 is 17.2 Å². The number of benzene rings is 1. The van der Waals surface area contributed by atoms with E-state index in [4.69, 9.17) is 0 Å². The van der Waals surface area contributed by atoms with E-state index in [9.17, 15) is 4.79 Å². The minimum Gasteiger partial charge on any atom is -0.347 e. The summed E-state index contributed by atoms with van der Waals surface area (Å²) in [6.45, 7) is 5.29. The number of pyridine rings is 1. The summed E-state index contributed by atoms with van der Waals surface area (Å²) in [6, 6.07) is 18.4. The molecule has 0 spiro atoms. The third kappa shape index (κ3) is 6.02. The Kier molecular flexibility index (Phi) is 7.49. The van der Waals surface area contributed by atoms with Crippen LogP contribution in [0, 0.1) is 12.8 Å². The van der Waals surface area contributed by atoms with Crippen LogP contribution in [0.2, 0.25) is 0 Å². The molecule has 4 nitrogen and oxygen atoms in total. The highest BCUT2D eigenvalue weighted by atomic mass is 32.1. The number of piperidine rings is 1. The van der Waals surface area contributed by atoms with Crippen molar-refractivity contribution in [2.45, 2.75) is 45.2 Å². The van der Waals surface area contributed by atoms with Gasteiger partial charge in [-0.05, 0) is 73.4 Å². The van der Waals surface area contributed by atoms with Gasteiger partial charge in [-0.3, -0.25) is 14.7 Å². The number of thiophene rings is 1. The number of rotatable bonds is 8. The Labute approximate surface area is 189 Å². The van der Waals surface area contributed by atoms with Gasteiger partial charge < -0.3 is 5.32 Å². The molecule has 0 radical (unpaired) electrons. The molecular formula is C26H31N3OS. The first-order valence-corrected chi connectivity index (χ1v) is 12.1. The van der Waals surface area contributed by atoms with Crippen LogP contribution in [0.4, 0.5) is 0 Å². The van der Waals surface area contributed by atoms with Gasteiger partial charge in [-0.2, -0.15) is 0 Å². The first-order valence-electron chi connectivity index (χ1n) is 11.2. The van der Waals surface area contributed by atoms with E-state index in [1.54, 1.807) is 0 Å². The van der Waals surface area contributed by atoms with Crippen molar-refractivity contribution in [1.29, 1.82) is 0 Å². The Bertz CT molecular complexity index is 957. The van der Waals surface area contributed by atoms with Gasteiger partial charge in [0.05, 0.1) is 11.7 Å². The lowest BCUT2D eigenvalue weighted by Gasteiger charge is -2.37. The number of hydrogen-bond donors (Lipinski definition) is 1. The van der Waals surface area contributed by atoms with Crippen molar-refractivity contribution in [2.24, 2.45) is 5.92 Å². The monoisotopic (exact) mass is 433 g/mol. The summed E-state index contributed by atoms with van der Waals surface area (Å²) in [4.78, 5) is 21.5. The van der Waals surface area contributed by atoms with E-state index in [1.807, 2.05) is 53.9 Å². The van der Waals surface area contributed by atoms with Crippen LogP contribution in [0.1, 0.15) is 47.0 Å². The molecular weight excluding hydrogens is 402 g/mol. The Morgan fingerprint density at radius 2 is 2.03 bits per heavy atom. The van der Waals surface area contributed by atoms with Gasteiger partial charge in [0.25, 0.3) is 0 Å². The largest absolute Gasteiger partial charge is 0.347 e. The topological polar surface area (TPSA) is 45.2 Å². The van der Waals surface area contributed by atoms with Crippen LogP contribution in [-0.2, 0) is 17.8 Å². The minimum absolute atomic E-state index is 0.0447. The highest BCUT2D eigenvalue weighted by Gasteiger charge is 2.30. The van der Waals surface area contributed by atoms with E-state index in [0.29, 0.717) is 12.3 Å². The van der Waals surface area contributed by atoms with Gasteiger partial charge in [-0.25, -0.2) is 0 Å². The Morgan fingerprint density at radius 1 is 1.19 bits per heavy atom. The third-order valence-electron chi connectivity index (χ3n) is 6.16. The zero-order valence-electron chi connectivity index (χ0n) is 18.2. The molecule has 2 aromatic heterocycles. The predicted octanol–water partition coefficient (Wildman–Crippen LogP) is 5.15. The Hall–Kier alpha value is -2.50. The number of aryl methyl sites for hydroxylation is 2. The predicted molar refractivity (Wildman–Crippen MR) is 127 cm³/mol. The van der Waals surface area contributed by atoms with Crippen molar-refractivity contribution in [3.8, 4) is 0 Å². The third-order valence-corrected chi connectivity index (χ3v) is 7.16. The second-order valence-electron chi connectivity index (χ2n) is 8.45. The van der Waals surface area contributed by atoms with Gasteiger partial charge in [0.2, 0.25) is 5.91 Å². The van der Waals surface area contributed by atoms with Crippen molar-refractivity contribution in [2.75, 3.05) is 13.1 Å². The number of carbonyl (C=O) groups excluding carboxylic acids is 1.